The number of hydrogen-bond acceptors (Lipinski definition) is 4. The Morgan fingerprint density at radius 2 is 1.18 bits per heavy atom. The summed E-state index contributed by atoms with van der Waals surface area (Å²) in [6.07, 6.45) is 0.739. The van der Waals surface area contributed by atoms with Crippen LogP contribution in [-0.4, -0.2) is 22.5 Å². The summed E-state index contributed by atoms with van der Waals surface area (Å²) in [5.41, 5.74) is 1.48. The molecule has 0 fully saturated rings. The minimum absolute atomic E-state index is 0.220. The van der Waals surface area contributed by atoms with Gasteiger partial charge in [0.2, 0.25) is 0 Å². The van der Waals surface area contributed by atoms with Crippen molar-refractivity contribution >= 4 is 24.5 Å². The number of benzene rings is 2. The molecule has 0 aliphatic rings. The summed E-state index contributed by atoms with van der Waals surface area (Å²) in [4.78, 5) is 21.0. The van der Waals surface area contributed by atoms with E-state index >= 15 is 0 Å². The van der Waals surface area contributed by atoms with Crippen molar-refractivity contribution in [1.29, 1.82) is 0 Å². The highest BCUT2D eigenvalue weighted by molar-refractivity contribution is 5.72. The van der Waals surface area contributed by atoms with E-state index in [9.17, 15) is 9.59 Å². The van der Waals surface area contributed by atoms with Crippen LogP contribution < -0.4 is 9.47 Å². The second-order valence-corrected chi connectivity index (χ2v) is 4.21. The normalized spacial score (nSPS) is 10.4. The molecule has 0 atom stereocenters. The van der Waals surface area contributed by atoms with Gasteiger partial charge in [-0.15, -0.1) is 0 Å². The minimum Gasteiger partial charge on any atom is -0.449 e. The van der Waals surface area contributed by atoms with Crippen LogP contribution in [0.15, 0.2) is 48.5 Å². The van der Waals surface area contributed by atoms with Crippen LogP contribution in [0.5, 0.6) is 11.5 Å². The van der Waals surface area contributed by atoms with E-state index in [1.807, 2.05) is 0 Å². The molecule has 22 heavy (non-hydrogen) atoms. The summed E-state index contributed by atoms with van der Waals surface area (Å²) in [5.74, 6) is 0.440. The predicted octanol–water partition coefficient (Wildman–Crippen LogP) is 3.97. The number of hydrogen-bond donors (Lipinski definition) is 2. The van der Waals surface area contributed by atoms with E-state index in [-0.39, 0.29) is 11.5 Å². The van der Waals surface area contributed by atoms with Crippen LogP contribution in [0.25, 0.3) is 12.2 Å². The fourth-order valence-electron chi connectivity index (χ4n) is 1.76. The maximum Gasteiger partial charge on any atom is 0.511 e. The van der Waals surface area contributed by atoms with Crippen molar-refractivity contribution in [3.8, 4) is 11.5 Å². The zero-order chi connectivity index (χ0) is 15.9. The summed E-state index contributed by atoms with van der Waals surface area (Å²) in [5, 5.41) is 17.1. The topological polar surface area (TPSA) is 93.1 Å². The van der Waals surface area contributed by atoms with Gasteiger partial charge in [0.25, 0.3) is 0 Å². The first kappa shape index (κ1) is 15.1. The van der Waals surface area contributed by atoms with Crippen LogP contribution in [0.1, 0.15) is 11.1 Å². The molecule has 112 valence electrons. The zero-order valence-corrected chi connectivity index (χ0v) is 11.3. The van der Waals surface area contributed by atoms with E-state index in [1.165, 1.54) is 12.1 Å². The van der Waals surface area contributed by atoms with Gasteiger partial charge in [0, 0.05) is 0 Å². The Morgan fingerprint density at radius 1 is 0.773 bits per heavy atom. The summed E-state index contributed by atoms with van der Waals surface area (Å²) >= 11 is 0. The molecule has 0 amide bonds. The van der Waals surface area contributed by atoms with Gasteiger partial charge < -0.3 is 19.7 Å². The van der Waals surface area contributed by atoms with Gasteiger partial charge in [-0.2, -0.15) is 0 Å². The van der Waals surface area contributed by atoms with Crippen molar-refractivity contribution in [3.63, 3.8) is 0 Å². The Kier molecular flexibility index (Phi) is 4.77. The third kappa shape index (κ3) is 4.68. The first-order chi connectivity index (χ1) is 10.5. The predicted molar refractivity (Wildman–Crippen MR) is 79.1 cm³/mol. The molecule has 0 spiro atoms. The summed E-state index contributed by atoms with van der Waals surface area (Å²) in [6, 6.07) is 13.1. The molecule has 6 nitrogen and oxygen atoms in total. The number of ether oxygens (including phenoxy) is 2. The second-order valence-electron chi connectivity index (χ2n) is 4.21. The Balaban J connectivity index is 2.14. The lowest BCUT2D eigenvalue weighted by Crippen LogP contribution is -2.02. The molecule has 0 saturated carbocycles. The number of carboxylic acid groups (broad SMARTS) is 2. The third-order valence-electron chi connectivity index (χ3n) is 2.59. The lowest BCUT2D eigenvalue weighted by molar-refractivity contribution is 0.143. The standard InChI is InChI=1S/C16H12O6/c17-15(18)21-13-5-1-3-11(9-13)7-8-12-4-2-6-14(10-12)22-16(19)20/h1-10H,(H,17,18)(H,19,20)/b8-7-. The molecule has 0 aromatic heterocycles. The highest BCUT2D eigenvalue weighted by atomic mass is 16.7. The maximum absolute atomic E-state index is 10.5. The Hall–Kier alpha value is -3.28. The molecule has 0 aliphatic carbocycles. The Labute approximate surface area is 125 Å². The summed E-state index contributed by atoms with van der Waals surface area (Å²) < 4.78 is 9.13. The van der Waals surface area contributed by atoms with Crippen molar-refractivity contribution in [2.24, 2.45) is 0 Å². The van der Waals surface area contributed by atoms with E-state index in [0.717, 1.165) is 11.1 Å². The SMILES string of the molecule is O=C(O)Oc1cccc(/C=C\c2cccc(OC(=O)O)c2)c1. The Morgan fingerprint density at radius 3 is 1.55 bits per heavy atom. The molecular formula is C16H12O6. The van der Waals surface area contributed by atoms with E-state index < -0.39 is 12.3 Å². The highest BCUT2D eigenvalue weighted by Gasteiger charge is 2.02. The highest BCUT2D eigenvalue weighted by Crippen LogP contribution is 2.18. The van der Waals surface area contributed by atoms with Gasteiger partial charge in [0.05, 0.1) is 0 Å². The van der Waals surface area contributed by atoms with Gasteiger partial charge >= 0.3 is 12.3 Å². The van der Waals surface area contributed by atoms with Gasteiger partial charge in [-0.1, -0.05) is 36.4 Å². The van der Waals surface area contributed by atoms with Crippen molar-refractivity contribution < 1.29 is 29.3 Å². The van der Waals surface area contributed by atoms with Crippen molar-refractivity contribution in [2.45, 2.75) is 0 Å². The molecule has 2 rings (SSSR count). The van der Waals surface area contributed by atoms with Gasteiger partial charge in [-0.25, -0.2) is 9.59 Å². The fraction of sp³-hybridized carbons (Fsp3) is 0. The Bertz CT molecular complexity index is 659. The van der Waals surface area contributed by atoms with Crippen LogP contribution >= 0.6 is 0 Å². The largest absolute Gasteiger partial charge is 0.511 e. The number of rotatable bonds is 4. The lowest BCUT2D eigenvalue weighted by atomic mass is 10.1. The average Bonchev–Trinajstić information content (AvgIpc) is 2.44. The molecule has 0 heterocycles. The molecule has 2 aromatic carbocycles. The molecular weight excluding hydrogens is 288 g/mol. The molecule has 6 heteroatoms. The average molecular weight is 300 g/mol. The van der Waals surface area contributed by atoms with E-state index in [1.54, 1.807) is 48.6 Å². The first-order valence-corrected chi connectivity index (χ1v) is 6.23. The van der Waals surface area contributed by atoms with Crippen LogP contribution in [0.4, 0.5) is 9.59 Å². The van der Waals surface area contributed by atoms with Crippen molar-refractivity contribution in [3.05, 3.63) is 59.7 Å². The quantitative estimate of drug-likeness (QED) is 0.504. The van der Waals surface area contributed by atoms with E-state index in [4.69, 9.17) is 10.2 Å². The van der Waals surface area contributed by atoms with Crippen LogP contribution in [0.3, 0.4) is 0 Å². The van der Waals surface area contributed by atoms with Gasteiger partial charge in [0.1, 0.15) is 11.5 Å². The fourth-order valence-corrected chi connectivity index (χ4v) is 1.76. The summed E-state index contributed by atoms with van der Waals surface area (Å²) in [6.45, 7) is 0. The molecule has 0 unspecified atom stereocenters. The minimum atomic E-state index is -1.38. The molecule has 2 N–H and O–H groups in total. The van der Waals surface area contributed by atoms with Crippen LogP contribution in [-0.2, 0) is 0 Å². The van der Waals surface area contributed by atoms with E-state index in [0.29, 0.717) is 0 Å². The molecule has 0 aliphatic heterocycles. The first-order valence-electron chi connectivity index (χ1n) is 6.23. The van der Waals surface area contributed by atoms with Crippen molar-refractivity contribution in [2.75, 3.05) is 0 Å². The van der Waals surface area contributed by atoms with Gasteiger partial charge in [0.15, 0.2) is 0 Å². The molecule has 0 bridgehead atoms. The van der Waals surface area contributed by atoms with Crippen LogP contribution in [0.2, 0.25) is 0 Å². The van der Waals surface area contributed by atoms with E-state index in [2.05, 4.69) is 9.47 Å². The maximum atomic E-state index is 10.5. The molecule has 2 aromatic rings. The van der Waals surface area contributed by atoms with Crippen molar-refractivity contribution in [1.82, 2.24) is 0 Å². The zero-order valence-electron chi connectivity index (χ0n) is 11.3. The monoisotopic (exact) mass is 300 g/mol. The van der Waals surface area contributed by atoms with Gasteiger partial charge in [-0.05, 0) is 35.4 Å². The number of carbonyl (C=O) groups is 2. The smallest absolute Gasteiger partial charge is 0.449 e. The van der Waals surface area contributed by atoms with Gasteiger partial charge in [-0.3, -0.25) is 0 Å². The molecule has 0 saturated heterocycles. The molecule has 0 radical (unpaired) electrons. The second kappa shape index (κ2) is 6.94. The summed E-state index contributed by atoms with van der Waals surface area (Å²) in [7, 11) is 0. The third-order valence-corrected chi connectivity index (χ3v) is 2.59. The lowest BCUT2D eigenvalue weighted by Gasteiger charge is -2.02. The van der Waals surface area contributed by atoms with Crippen LogP contribution in [0, 0.1) is 0 Å².